The summed E-state index contributed by atoms with van der Waals surface area (Å²) in [6, 6.07) is 6.48. The summed E-state index contributed by atoms with van der Waals surface area (Å²) in [6.07, 6.45) is 5.10. The molecule has 0 bridgehead atoms. The lowest BCUT2D eigenvalue weighted by Gasteiger charge is -2.34. The van der Waals surface area contributed by atoms with E-state index in [0.29, 0.717) is 12.2 Å². The SMILES string of the molecule is CCC(C)N(Cc1c(-c2ccc(F)cc2)noc1N1CCN(C)CC1)C(=O)C1CCCC1. The van der Waals surface area contributed by atoms with E-state index < -0.39 is 0 Å². The number of nitrogens with zero attached hydrogens (tertiary/aromatic N) is 4. The molecule has 1 aliphatic carbocycles. The number of hydrogen-bond acceptors (Lipinski definition) is 5. The van der Waals surface area contributed by atoms with Crippen molar-refractivity contribution in [3.05, 3.63) is 35.6 Å². The van der Waals surface area contributed by atoms with Gasteiger partial charge in [0.15, 0.2) is 0 Å². The molecule has 1 aromatic heterocycles. The van der Waals surface area contributed by atoms with Gasteiger partial charge in [-0.1, -0.05) is 24.9 Å². The van der Waals surface area contributed by atoms with E-state index in [1.807, 2.05) is 4.90 Å². The lowest BCUT2D eigenvalue weighted by atomic mass is 10.0. The van der Waals surface area contributed by atoms with Crippen molar-refractivity contribution in [3.63, 3.8) is 0 Å². The number of aromatic nitrogens is 1. The van der Waals surface area contributed by atoms with Crippen LogP contribution in [0.3, 0.4) is 0 Å². The molecule has 0 radical (unpaired) electrons. The van der Waals surface area contributed by atoms with E-state index in [2.05, 4.69) is 35.9 Å². The summed E-state index contributed by atoms with van der Waals surface area (Å²) in [7, 11) is 2.12. The average Bonchev–Trinajstić information content (AvgIpc) is 3.48. The number of amides is 1. The molecule has 2 aromatic rings. The van der Waals surface area contributed by atoms with E-state index in [1.54, 1.807) is 12.1 Å². The van der Waals surface area contributed by atoms with Crippen molar-refractivity contribution in [2.75, 3.05) is 38.1 Å². The van der Waals surface area contributed by atoms with Crippen LogP contribution in [0.25, 0.3) is 11.3 Å². The van der Waals surface area contributed by atoms with Crippen LogP contribution in [0.15, 0.2) is 28.8 Å². The second kappa shape index (κ2) is 10.0. The molecule has 0 spiro atoms. The van der Waals surface area contributed by atoms with Gasteiger partial charge in [-0.3, -0.25) is 4.79 Å². The molecular formula is C25H35FN4O2. The van der Waals surface area contributed by atoms with Gasteiger partial charge in [0.25, 0.3) is 0 Å². The van der Waals surface area contributed by atoms with Crippen LogP contribution in [0.5, 0.6) is 0 Å². The molecular weight excluding hydrogens is 407 g/mol. The third-order valence-electron chi connectivity index (χ3n) is 7.11. The standard InChI is InChI=1S/C25H35FN4O2/c1-4-18(2)30(24(31)20-7-5-6-8-20)17-22-23(19-9-11-21(26)12-10-19)27-32-25(22)29-15-13-28(3)14-16-29/h9-12,18,20H,4-8,13-17H2,1-3H3. The maximum atomic E-state index is 13.6. The molecule has 1 aliphatic heterocycles. The highest BCUT2D eigenvalue weighted by atomic mass is 19.1. The molecule has 6 nitrogen and oxygen atoms in total. The van der Waals surface area contributed by atoms with E-state index in [1.165, 1.54) is 12.1 Å². The number of anilines is 1. The third kappa shape index (κ3) is 4.82. The van der Waals surface area contributed by atoms with Gasteiger partial charge in [0, 0.05) is 43.7 Å². The minimum Gasteiger partial charge on any atom is -0.338 e. The minimum absolute atomic E-state index is 0.116. The lowest BCUT2D eigenvalue weighted by molar-refractivity contribution is -0.138. The van der Waals surface area contributed by atoms with Crippen molar-refractivity contribution in [1.29, 1.82) is 0 Å². The van der Waals surface area contributed by atoms with Crippen LogP contribution in [0.4, 0.5) is 10.3 Å². The third-order valence-corrected chi connectivity index (χ3v) is 7.11. The Morgan fingerprint density at radius 2 is 1.84 bits per heavy atom. The monoisotopic (exact) mass is 442 g/mol. The quantitative estimate of drug-likeness (QED) is 0.630. The summed E-state index contributed by atoms with van der Waals surface area (Å²) in [5.74, 6) is 0.818. The van der Waals surface area contributed by atoms with Crippen molar-refractivity contribution >= 4 is 11.8 Å². The fourth-order valence-electron chi connectivity index (χ4n) is 4.78. The Labute approximate surface area is 190 Å². The summed E-state index contributed by atoms with van der Waals surface area (Å²) in [4.78, 5) is 20.0. The molecule has 2 aliphatic rings. The van der Waals surface area contributed by atoms with Gasteiger partial charge in [0.2, 0.25) is 11.8 Å². The number of hydrogen-bond donors (Lipinski definition) is 0. The Morgan fingerprint density at radius 1 is 1.19 bits per heavy atom. The smallest absolute Gasteiger partial charge is 0.232 e. The average molecular weight is 443 g/mol. The Morgan fingerprint density at radius 3 is 2.47 bits per heavy atom. The summed E-state index contributed by atoms with van der Waals surface area (Å²) in [5.41, 5.74) is 2.43. The molecule has 4 rings (SSSR count). The molecule has 1 saturated heterocycles. The van der Waals surface area contributed by atoms with E-state index in [0.717, 1.165) is 75.3 Å². The summed E-state index contributed by atoms with van der Waals surface area (Å²) in [6.45, 7) is 8.29. The highest BCUT2D eigenvalue weighted by Gasteiger charge is 2.33. The van der Waals surface area contributed by atoms with Gasteiger partial charge < -0.3 is 19.2 Å². The first-order valence-electron chi connectivity index (χ1n) is 12.0. The fourth-order valence-corrected chi connectivity index (χ4v) is 4.78. The van der Waals surface area contributed by atoms with Crippen LogP contribution in [-0.4, -0.2) is 60.1 Å². The van der Waals surface area contributed by atoms with Crippen LogP contribution in [0.1, 0.15) is 51.5 Å². The predicted octanol–water partition coefficient (Wildman–Crippen LogP) is 4.55. The lowest BCUT2D eigenvalue weighted by Crippen LogP contribution is -2.45. The molecule has 32 heavy (non-hydrogen) atoms. The predicted molar refractivity (Wildman–Crippen MR) is 124 cm³/mol. The molecule has 1 saturated carbocycles. The molecule has 2 heterocycles. The van der Waals surface area contributed by atoms with Gasteiger partial charge in [-0.05, 0) is 57.5 Å². The van der Waals surface area contributed by atoms with Gasteiger partial charge >= 0.3 is 0 Å². The van der Waals surface area contributed by atoms with E-state index in [4.69, 9.17) is 4.52 Å². The number of rotatable bonds is 7. The molecule has 1 atom stereocenters. The van der Waals surface area contributed by atoms with Crippen LogP contribution in [0, 0.1) is 11.7 Å². The van der Waals surface area contributed by atoms with Gasteiger partial charge in [-0.25, -0.2) is 4.39 Å². The molecule has 174 valence electrons. The maximum absolute atomic E-state index is 13.6. The van der Waals surface area contributed by atoms with Crippen LogP contribution in [0.2, 0.25) is 0 Å². The van der Waals surface area contributed by atoms with Gasteiger partial charge in [-0.15, -0.1) is 0 Å². The fraction of sp³-hybridized carbons (Fsp3) is 0.600. The molecule has 1 amide bonds. The van der Waals surface area contributed by atoms with Gasteiger partial charge in [0.1, 0.15) is 11.5 Å². The van der Waals surface area contributed by atoms with Gasteiger partial charge in [0.05, 0.1) is 12.1 Å². The minimum atomic E-state index is -0.282. The van der Waals surface area contributed by atoms with Crippen molar-refractivity contribution in [1.82, 2.24) is 15.0 Å². The number of halogens is 1. The zero-order chi connectivity index (χ0) is 22.7. The van der Waals surface area contributed by atoms with Crippen LogP contribution in [-0.2, 0) is 11.3 Å². The first kappa shape index (κ1) is 22.8. The Bertz CT molecular complexity index is 899. The normalized spacial score (nSPS) is 18.8. The second-order valence-electron chi connectivity index (χ2n) is 9.32. The highest BCUT2D eigenvalue weighted by Crippen LogP contribution is 2.35. The molecule has 0 N–H and O–H groups in total. The number of carbonyl (C=O) groups is 1. The number of carbonyl (C=O) groups excluding carboxylic acids is 1. The Balaban J connectivity index is 1.70. The second-order valence-corrected chi connectivity index (χ2v) is 9.32. The van der Waals surface area contributed by atoms with Gasteiger partial charge in [-0.2, -0.15) is 0 Å². The van der Waals surface area contributed by atoms with Crippen molar-refractivity contribution in [3.8, 4) is 11.3 Å². The van der Waals surface area contributed by atoms with Crippen LogP contribution < -0.4 is 4.90 Å². The number of piperazine rings is 1. The summed E-state index contributed by atoms with van der Waals surface area (Å²) >= 11 is 0. The van der Waals surface area contributed by atoms with Crippen molar-refractivity contribution in [2.45, 2.75) is 58.5 Å². The number of likely N-dealkylation sites (N-methyl/N-ethyl adjacent to an activating group) is 1. The Kier molecular flexibility index (Phi) is 7.13. The molecule has 2 fully saturated rings. The Hall–Kier alpha value is -2.41. The van der Waals surface area contributed by atoms with E-state index in [-0.39, 0.29) is 23.7 Å². The van der Waals surface area contributed by atoms with Crippen molar-refractivity contribution in [2.24, 2.45) is 5.92 Å². The first-order valence-corrected chi connectivity index (χ1v) is 12.0. The number of benzene rings is 1. The summed E-state index contributed by atoms with van der Waals surface area (Å²) < 4.78 is 19.5. The van der Waals surface area contributed by atoms with Crippen molar-refractivity contribution < 1.29 is 13.7 Å². The van der Waals surface area contributed by atoms with E-state index in [9.17, 15) is 9.18 Å². The molecule has 7 heteroatoms. The first-order chi connectivity index (χ1) is 15.5. The zero-order valence-corrected chi connectivity index (χ0v) is 19.5. The zero-order valence-electron chi connectivity index (χ0n) is 19.5. The molecule has 1 unspecified atom stereocenters. The van der Waals surface area contributed by atoms with Crippen LogP contribution >= 0.6 is 0 Å². The highest BCUT2D eigenvalue weighted by molar-refractivity contribution is 5.80. The van der Waals surface area contributed by atoms with E-state index >= 15 is 0 Å². The summed E-state index contributed by atoms with van der Waals surface area (Å²) in [5, 5.41) is 4.41. The molecule has 1 aromatic carbocycles. The maximum Gasteiger partial charge on any atom is 0.232 e. The largest absolute Gasteiger partial charge is 0.338 e. The topological polar surface area (TPSA) is 52.8 Å².